The number of fused-ring (bicyclic) bond motifs is 2. The SMILES string of the molecule is c1ccc(-c2ccc(-c3cccc4cc(-c5ccc6ccccc6c5)ccc34)cc2)nc1. The summed E-state index contributed by atoms with van der Waals surface area (Å²) >= 11 is 0. The zero-order valence-corrected chi connectivity index (χ0v) is 17.6. The summed E-state index contributed by atoms with van der Waals surface area (Å²) in [5, 5.41) is 5.06. The second-order valence-corrected chi connectivity index (χ2v) is 8.10. The molecule has 0 saturated carbocycles. The Morgan fingerprint density at radius 1 is 0.406 bits per heavy atom. The van der Waals surface area contributed by atoms with Crippen molar-refractivity contribution in [1.29, 1.82) is 0 Å². The lowest BCUT2D eigenvalue weighted by atomic mass is 9.94. The van der Waals surface area contributed by atoms with Crippen molar-refractivity contribution >= 4 is 21.5 Å². The first kappa shape index (κ1) is 18.5. The molecule has 0 aliphatic carbocycles. The molecule has 0 amide bonds. The molecule has 6 aromatic rings. The summed E-state index contributed by atoms with van der Waals surface area (Å²) in [6, 6.07) is 43.2. The average Bonchev–Trinajstić information content (AvgIpc) is 2.88. The number of rotatable bonds is 3. The molecule has 0 radical (unpaired) electrons. The van der Waals surface area contributed by atoms with Crippen LogP contribution in [0, 0.1) is 0 Å². The van der Waals surface area contributed by atoms with Crippen LogP contribution in [-0.4, -0.2) is 4.98 Å². The number of pyridine rings is 1. The van der Waals surface area contributed by atoms with Crippen molar-refractivity contribution in [2.75, 3.05) is 0 Å². The molecule has 0 fully saturated rings. The summed E-state index contributed by atoms with van der Waals surface area (Å²) in [6.07, 6.45) is 1.83. The molecule has 0 aliphatic heterocycles. The minimum atomic E-state index is 0.997. The van der Waals surface area contributed by atoms with Crippen LogP contribution in [0.3, 0.4) is 0 Å². The maximum atomic E-state index is 4.46. The molecule has 0 saturated heterocycles. The zero-order valence-electron chi connectivity index (χ0n) is 17.6. The third kappa shape index (κ3) is 3.34. The van der Waals surface area contributed by atoms with Crippen LogP contribution >= 0.6 is 0 Å². The minimum Gasteiger partial charge on any atom is -0.256 e. The average molecular weight is 408 g/mol. The fourth-order valence-electron chi connectivity index (χ4n) is 4.44. The number of benzene rings is 5. The molecule has 1 heteroatoms. The number of hydrogen-bond acceptors (Lipinski definition) is 1. The van der Waals surface area contributed by atoms with Gasteiger partial charge in [-0.3, -0.25) is 4.98 Å². The molecule has 6 rings (SSSR count). The van der Waals surface area contributed by atoms with Crippen molar-refractivity contribution in [3.05, 3.63) is 128 Å². The van der Waals surface area contributed by atoms with Crippen molar-refractivity contribution in [3.63, 3.8) is 0 Å². The summed E-state index contributed by atoms with van der Waals surface area (Å²) < 4.78 is 0. The fourth-order valence-corrected chi connectivity index (χ4v) is 4.44. The van der Waals surface area contributed by atoms with Crippen LogP contribution in [0.5, 0.6) is 0 Å². The summed E-state index contributed by atoms with van der Waals surface area (Å²) in [6.45, 7) is 0. The van der Waals surface area contributed by atoms with Gasteiger partial charge in [-0.25, -0.2) is 0 Å². The molecule has 150 valence electrons. The molecular formula is C31H21N. The molecule has 1 heterocycles. The second kappa shape index (κ2) is 7.79. The van der Waals surface area contributed by atoms with E-state index in [1.165, 1.54) is 43.8 Å². The summed E-state index contributed by atoms with van der Waals surface area (Å²) in [7, 11) is 0. The topological polar surface area (TPSA) is 12.9 Å². The van der Waals surface area contributed by atoms with Gasteiger partial charge in [-0.05, 0) is 68.1 Å². The van der Waals surface area contributed by atoms with Crippen molar-refractivity contribution in [3.8, 4) is 33.5 Å². The number of aromatic nitrogens is 1. The summed E-state index contributed by atoms with van der Waals surface area (Å²) in [5.74, 6) is 0. The van der Waals surface area contributed by atoms with Crippen LogP contribution in [-0.2, 0) is 0 Å². The lowest BCUT2D eigenvalue weighted by Crippen LogP contribution is -1.85. The highest BCUT2D eigenvalue weighted by Crippen LogP contribution is 2.33. The molecule has 1 nitrogen and oxygen atoms in total. The Hall–Kier alpha value is -4.23. The molecule has 5 aromatic carbocycles. The van der Waals surface area contributed by atoms with Crippen LogP contribution in [0.1, 0.15) is 0 Å². The highest BCUT2D eigenvalue weighted by atomic mass is 14.7. The molecule has 1 aromatic heterocycles. The van der Waals surface area contributed by atoms with Gasteiger partial charge in [0.1, 0.15) is 0 Å². The van der Waals surface area contributed by atoms with E-state index in [-0.39, 0.29) is 0 Å². The van der Waals surface area contributed by atoms with Crippen LogP contribution < -0.4 is 0 Å². The predicted molar refractivity (Wildman–Crippen MR) is 136 cm³/mol. The molecule has 0 unspecified atom stereocenters. The van der Waals surface area contributed by atoms with Gasteiger partial charge in [0.25, 0.3) is 0 Å². The summed E-state index contributed by atoms with van der Waals surface area (Å²) in [5.41, 5.74) is 7.08. The minimum absolute atomic E-state index is 0.997. The van der Waals surface area contributed by atoms with E-state index in [0.717, 1.165) is 11.3 Å². The molecule has 0 spiro atoms. The normalized spacial score (nSPS) is 11.1. The van der Waals surface area contributed by atoms with Crippen molar-refractivity contribution in [2.24, 2.45) is 0 Å². The largest absolute Gasteiger partial charge is 0.256 e. The van der Waals surface area contributed by atoms with Gasteiger partial charge in [0.15, 0.2) is 0 Å². The molecule has 0 bridgehead atoms. The number of nitrogens with zero attached hydrogens (tertiary/aromatic N) is 1. The van der Waals surface area contributed by atoms with Gasteiger partial charge in [-0.2, -0.15) is 0 Å². The van der Waals surface area contributed by atoms with E-state index >= 15 is 0 Å². The van der Waals surface area contributed by atoms with Gasteiger partial charge in [0.05, 0.1) is 5.69 Å². The van der Waals surface area contributed by atoms with E-state index in [4.69, 9.17) is 0 Å². The van der Waals surface area contributed by atoms with E-state index in [2.05, 4.69) is 108 Å². The van der Waals surface area contributed by atoms with E-state index in [9.17, 15) is 0 Å². The maximum absolute atomic E-state index is 4.46. The zero-order chi connectivity index (χ0) is 21.3. The monoisotopic (exact) mass is 407 g/mol. The van der Waals surface area contributed by atoms with E-state index in [1.807, 2.05) is 24.4 Å². The van der Waals surface area contributed by atoms with Crippen LogP contribution in [0.15, 0.2) is 128 Å². The fraction of sp³-hybridized carbons (Fsp3) is 0. The Labute approximate surface area is 187 Å². The quantitative estimate of drug-likeness (QED) is 0.287. The first-order valence-corrected chi connectivity index (χ1v) is 10.9. The Bertz CT molecular complexity index is 1550. The third-order valence-electron chi connectivity index (χ3n) is 6.12. The predicted octanol–water partition coefficient (Wildman–Crippen LogP) is 8.39. The molecule has 0 aliphatic rings. The van der Waals surface area contributed by atoms with E-state index in [1.54, 1.807) is 0 Å². The standard InChI is InChI=1S/C31H21N/c1-2-7-25-20-26(16-11-22(25)6-1)27-17-18-30-28(21-27)8-5-9-29(30)23-12-14-24(15-13-23)31-10-3-4-19-32-31/h1-21H. The van der Waals surface area contributed by atoms with Crippen molar-refractivity contribution in [2.45, 2.75) is 0 Å². The number of hydrogen-bond donors (Lipinski definition) is 0. The molecule has 32 heavy (non-hydrogen) atoms. The van der Waals surface area contributed by atoms with Crippen LogP contribution in [0.25, 0.3) is 55.1 Å². The van der Waals surface area contributed by atoms with E-state index in [0.29, 0.717) is 0 Å². The highest BCUT2D eigenvalue weighted by Gasteiger charge is 2.07. The van der Waals surface area contributed by atoms with Crippen molar-refractivity contribution < 1.29 is 0 Å². The maximum Gasteiger partial charge on any atom is 0.0701 e. The second-order valence-electron chi connectivity index (χ2n) is 8.10. The Morgan fingerprint density at radius 3 is 1.88 bits per heavy atom. The first-order valence-electron chi connectivity index (χ1n) is 10.9. The van der Waals surface area contributed by atoms with Gasteiger partial charge in [-0.15, -0.1) is 0 Å². The van der Waals surface area contributed by atoms with Crippen molar-refractivity contribution in [1.82, 2.24) is 4.98 Å². The van der Waals surface area contributed by atoms with Gasteiger partial charge in [-0.1, -0.05) is 97.1 Å². The Morgan fingerprint density at radius 2 is 1.06 bits per heavy atom. The highest BCUT2D eigenvalue weighted by molar-refractivity contribution is 5.99. The van der Waals surface area contributed by atoms with Gasteiger partial charge < -0.3 is 0 Å². The lowest BCUT2D eigenvalue weighted by molar-refractivity contribution is 1.33. The van der Waals surface area contributed by atoms with Gasteiger partial charge >= 0.3 is 0 Å². The Kier molecular flexibility index (Phi) is 4.51. The third-order valence-corrected chi connectivity index (χ3v) is 6.12. The molecular weight excluding hydrogens is 386 g/mol. The van der Waals surface area contributed by atoms with Crippen LogP contribution in [0.4, 0.5) is 0 Å². The first-order chi connectivity index (χ1) is 15.8. The smallest absolute Gasteiger partial charge is 0.0701 e. The Balaban J connectivity index is 1.40. The summed E-state index contributed by atoms with van der Waals surface area (Å²) in [4.78, 5) is 4.46. The molecule has 0 atom stereocenters. The lowest BCUT2D eigenvalue weighted by Gasteiger charge is -2.11. The molecule has 0 N–H and O–H groups in total. The van der Waals surface area contributed by atoms with Gasteiger partial charge in [0, 0.05) is 11.8 Å². The van der Waals surface area contributed by atoms with Gasteiger partial charge in [0.2, 0.25) is 0 Å². The van der Waals surface area contributed by atoms with E-state index < -0.39 is 0 Å². The van der Waals surface area contributed by atoms with Crippen LogP contribution in [0.2, 0.25) is 0 Å².